The van der Waals surface area contributed by atoms with Gasteiger partial charge in [-0.05, 0) is 68.2 Å². The molecular formula is C19H29NO. The van der Waals surface area contributed by atoms with E-state index in [1.807, 2.05) is 0 Å². The van der Waals surface area contributed by atoms with Gasteiger partial charge in [0, 0.05) is 12.1 Å². The zero-order valence-corrected chi connectivity index (χ0v) is 13.5. The van der Waals surface area contributed by atoms with Gasteiger partial charge in [-0.15, -0.1) is 0 Å². The minimum atomic E-state index is 0.539. The summed E-state index contributed by atoms with van der Waals surface area (Å²) < 4.78 is 5.37. The highest BCUT2D eigenvalue weighted by atomic mass is 16.5. The molecule has 2 nitrogen and oxygen atoms in total. The lowest BCUT2D eigenvalue weighted by molar-refractivity contribution is 0.257. The largest absolute Gasteiger partial charge is 0.497 e. The van der Waals surface area contributed by atoms with Gasteiger partial charge in [-0.25, -0.2) is 0 Å². The third kappa shape index (κ3) is 3.42. The van der Waals surface area contributed by atoms with Crippen molar-refractivity contribution < 1.29 is 4.74 Å². The molecule has 1 saturated carbocycles. The van der Waals surface area contributed by atoms with Gasteiger partial charge in [0.2, 0.25) is 0 Å². The van der Waals surface area contributed by atoms with Crippen molar-refractivity contribution in [3.05, 3.63) is 29.3 Å². The van der Waals surface area contributed by atoms with Crippen molar-refractivity contribution in [3.63, 3.8) is 0 Å². The third-order valence-electron chi connectivity index (χ3n) is 5.49. The van der Waals surface area contributed by atoms with Gasteiger partial charge in [-0.1, -0.05) is 25.3 Å². The standard InChI is InChI=1S/C19H29NO/c1-14(15-7-4-3-5-8-15)20-19-10-6-9-16-13-17(21-2)11-12-18(16)19/h11-15,19-20H,3-10H2,1-2H3. The number of hydrogen-bond acceptors (Lipinski definition) is 2. The molecule has 3 rings (SSSR count). The van der Waals surface area contributed by atoms with E-state index in [4.69, 9.17) is 4.74 Å². The van der Waals surface area contributed by atoms with E-state index in [9.17, 15) is 0 Å². The first-order chi connectivity index (χ1) is 10.3. The molecule has 1 aromatic carbocycles. The van der Waals surface area contributed by atoms with E-state index >= 15 is 0 Å². The van der Waals surface area contributed by atoms with E-state index in [2.05, 4.69) is 30.4 Å². The summed E-state index contributed by atoms with van der Waals surface area (Å²) in [5.74, 6) is 1.87. The van der Waals surface area contributed by atoms with Crippen LogP contribution in [-0.2, 0) is 6.42 Å². The summed E-state index contributed by atoms with van der Waals surface area (Å²) in [5.41, 5.74) is 2.98. The van der Waals surface area contributed by atoms with Crippen molar-refractivity contribution in [2.75, 3.05) is 7.11 Å². The summed E-state index contributed by atoms with van der Waals surface area (Å²) in [4.78, 5) is 0. The molecule has 0 aliphatic heterocycles. The highest BCUT2D eigenvalue weighted by molar-refractivity contribution is 5.39. The zero-order chi connectivity index (χ0) is 14.7. The fourth-order valence-electron chi connectivity index (χ4n) is 4.18. The number of hydrogen-bond donors (Lipinski definition) is 1. The number of fused-ring (bicyclic) bond motifs is 1. The van der Waals surface area contributed by atoms with Gasteiger partial charge in [0.15, 0.2) is 0 Å². The van der Waals surface area contributed by atoms with Crippen LogP contribution in [0.15, 0.2) is 18.2 Å². The lowest BCUT2D eigenvalue weighted by atomic mass is 9.82. The van der Waals surface area contributed by atoms with Crippen LogP contribution in [0, 0.1) is 5.92 Å². The Kier molecular flexibility index (Phi) is 4.84. The topological polar surface area (TPSA) is 21.3 Å². The Morgan fingerprint density at radius 3 is 2.67 bits per heavy atom. The molecule has 2 aliphatic carbocycles. The quantitative estimate of drug-likeness (QED) is 0.871. The molecule has 1 aromatic rings. The first-order valence-electron chi connectivity index (χ1n) is 8.71. The average Bonchev–Trinajstić information content (AvgIpc) is 2.55. The minimum absolute atomic E-state index is 0.539. The van der Waals surface area contributed by atoms with Crippen LogP contribution in [0.2, 0.25) is 0 Å². The SMILES string of the molecule is COc1ccc2c(c1)CCCC2NC(C)C1CCCCC1. The summed E-state index contributed by atoms with van der Waals surface area (Å²) in [6, 6.07) is 7.80. The van der Waals surface area contributed by atoms with Gasteiger partial charge < -0.3 is 10.1 Å². The Hall–Kier alpha value is -1.02. The van der Waals surface area contributed by atoms with E-state index in [1.54, 1.807) is 7.11 Å². The Bertz CT molecular complexity index is 465. The summed E-state index contributed by atoms with van der Waals surface area (Å²) in [6.45, 7) is 2.40. The number of benzene rings is 1. The van der Waals surface area contributed by atoms with Crippen LogP contribution >= 0.6 is 0 Å². The van der Waals surface area contributed by atoms with Gasteiger partial charge >= 0.3 is 0 Å². The van der Waals surface area contributed by atoms with Gasteiger partial charge in [-0.2, -0.15) is 0 Å². The fraction of sp³-hybridized carbons (Fsp3) is 0.684. The summed E-state index contributed by atoms with van der Waals surface area (Å²) >= 11 is 0. The number of nitrogens with one attached hydrogen (secondary N) is 1. The molecule has 1 N–H and O–H groups in total. The molecule has 0 bridgehead atoms. The minimum Gasteiger partial charge on any atom is -0.497 e. The van der Waals surface area contributed by atoms with Crippen LogP contribution in [0.25, 0.3) is 0 Å². The molecule has 0 amide bonds. The van der Waals surface area contributed by atoms with E-state index in [1.165, 1.54) is 62.5 Å². The normalized spacial score (nSPS) is 24.4. The fourth-order valence-corrected chi connectivity index (χ4v) is 4.18. The molecule has 0 radical (unpaired) electrons. The van der Waals surface area contributed by atoms with Crippen LogP contribution in [0.3, 0.4) is 0 Å². The summed E-state index contributed by atoms with van der Waals surface area (Å²) in [7, 11) is 1.76. The van der Waals surface area contributed by atoms with Crippen molar-refractivity contribution in [2.24, 2.45) is 5.92 Å². The zero-order valence-electron chi connectivity index (χ0n) is 13.5. The Morgan fingerprint density at radius 1 is 1.10 bits per heavy atom. The first kappa shape index (κ1) is 14.9. The molecular weight excluding hydrogens is 258 g/mol. The van der Waals surface area contributed by atoms with E-state index in [0.717, 1.165) is 11.7 Å². The number of ether oxygens (including phenoxy) is 1. The smallest absolute Gasteiger partial charge is 0.119 e. The highest BCUT2D eigenvalue weighted by Crippen LogP contribution is 2.34. The highest BCUT2D eigenvalue weighted by Gasteiger charge is 2.26. The number of methoxy groups -OCH3 is 1. The van der Waals surface area contributed by atoms with Crippen LogP contribution in [0.4, 0.5) is 0 Å². The van der Waals surface area contributed by atoms with Gasteiger partial charge in [0.1, 0.15) is 5.75 Å². The maximum Gasteiger partial charge on any atom is 0.119 e. The van der Waals surface area contributed by atoms with Crippen molar-refractivity contribution in [1.82, 2.24) is 5.32 Å². The molecule has 2 atom stereocenters. The monoisotopic (exact) mass is 287 g/mol. The number of aryl methyl sites for hydroxylation is 1. The molecule has 0 heterocycles. The average molecular weight is 287 g/mol. The lowest BCUT2D eigenvalue weighted by Crippen LogP contribution is -2.38. The van der Waals surface area contributed by atoms with Crippen LogP contribution in [0.5, 0.6) is 5.75 Å². The molecule has 2 heteroatoms. The second-order valence-corrected chi connectivity index (χ2v) is 6.86. The molecule has 1 fully saturated rings. The second-order valence-electron chi connectivity index (χ2n) is 6.86. The van der Waals surface area contributed by atoms with Crippen LogP contribution < -0.4 is 10.1 Å². The Morgan fingerprint density at radius 2 is 1.90 bits per heavy atom. The van der Waals surface area contributed by atoms with Gasteiger partial charge in [-0.3, -0.25) is 0 Å². The van der Waals surface area contributed by atoms with E-state index in [0.29, 0.717) is 12.1 Å². The van der Waals surface area contributed by atoms with Crippen molar-refractivity contribution in [2.45, 2.75) is 70.4 Å². The Labute approximate surface area is 129 Å². The van der Waals surface area contributed by atoms with Gasteiger partial charge in [0.05, 0.1) is 7.11 Å². The molecule has 2 aliphatic rings. The van der Waals surface area contributed by atoms with Crippen molar-refractivity contribution in [1.29, 1.82) is 0 Å². The first-order valence-corrected chi connectivity index (χ1v) is 8.71. The summed E-state index contributed by atoms with van der Waals surface area (Å²) in [6.07, 6.45) is 10.9. The predicted octanol–water partition coefficient (Wildman–Crippen LogP) is 4.63. The molecule has 0 aromatic heterocycles. The van der Waals surface area contributed by atoms with E-state index < -0.39 is 0 Å². The van der Waals surface area contributed by atoms with Gasteiger partial charge in [0.25, 0.3) is 0 Å². The Balaban J connectivity index is 1.69. The number of rotatable bonds is 4. The molecule has 116 valence electrons. The van der Waals surface area contributed by atoms with Crippen LogP contribution in [-0.4, -0.2) is 13.2 Å². The maximum absolute atomic E-state index is 5.37. The maximum atomic E-state index is 5.37. The molecule has 0 saturated heterocycles. The van der Waals surface area contributed by atoms with Crippen molar-refractivity contribution in [3.8, 4) is 5.75 Å². The predicted molar refractivity (Wildman–Crippen MR) is 87.8 cm³/mol. The van der Waals surface area contributed by atoms with E-state index in [-0.39, 0.29) is 0 Å². The molecule has 21 heavy (non-hydrogen) atoms. The van der Waals surface area contributed by atoms with Crippen LogP contribution in [0.1, 0.15) is 69.0 Å². The molecule has 2 unspecified atom stereocenters. The third-order valence-corrected chi connectivity index (χ3v) is 5.49. The summed E-state index contributed by atoms with van der Waals surface area (Å²) in [5, 5.41) is 3.94. The van der Waals surface area contributed by atoms with Crippen molar-refractivity contribution >= 4 is 0 Å². The molecule has 0 spiro atoms. The second kappa shape index (κ2) is 6.83. The lowest BCUT2D eigenvalue weighted by Gasteiger charge is -2.34.